The van der Waals surface area contributed by atoms with E-state index in [4.69, 9.17) is 4.74 Å². The number of nitrogens with zero attached hydrogens (tertiary/aromatic N) is 2. The Morgan fingerprint density at radius 3 is 3.24 bits per heavy atom. The first-order valence-electron chi connectivity index (χ1n) is 7.11. The largest absolute Gasteiger partial charge is 0.465 e. The van der Waals surface area contributed by atoms with Crippen LogP contribution in [0.2, 0.25) is 0 Å². The highest BCUT2D eigenvalue weighted by Crippen LogP contribution is 2.39. The van der Waals surface area contributed by atoms with E-state index in [9.17, 15) is 4.79 Å². The molecule has 0 aromatic carbocycles. The molecule has 0 radical (unpaired) electrons. The summed E-state index contributed by atoms with van der Waals surface area (Å²) in [6, 6.07) is 0.0484. The molecule has 3 rings (SSSR count). The Bertz CT molecular complexity index is 623. The van der Waals surface area contributed by atoms with Crippen LogP contribution in [0.25, 0.3) is 0 Å². The van der Waals surface area contributed by atoms with Crippen LogP contribution in [-0.2, 0) is 16.0 Å². The zero-order chi connectivity index (χ0) is 14.8. The average molecular weight is 306 g/mol. The molecule has 0 spiro atoms. The van der Waals surface area contributed by atoms with Crippen molar-refractivity contribution in [1.82, 2.24) is 15.0 Å². The third kappa shape index (κ3) is 2.78. The predicted octanol–water partition coefficient (Wildman–Crippen LogP) is 2.63. The van der Waals surface area contributed by atoms with Gasteiger partial charge in [-0.3, -0.25) is 4.79 Å². The minimum Gasteiger partial charge on any atom is -0.465 e. The smallest absolute Gasteiger partial charge is 0.315 e. The fourth-order valence-corrected chi connectivity index (χ4v) is 3.65. The van der Waals surface area contributed by atoms with E-state index in [-0.39, 0.29) is 17.9 Å². The Labute approximate surface area is 127 Å². The Morgan fingerprint density at radius 2 is 2.52 bits per heavy atom. The van der Waals surface area contributed by atoms with E-state index in [2.05, 4.69) is 20.3 Å². The number of nitrogens with one attached hydrogen (secondary N) is 2. The van der Waals surface area contributed by atoms with Crippen molar-refractivity contribution >= 4 is 22.4 Å². The van der Waals surface area contributed by atoms with E-state index in [1.165, 1.54) is 4.88 Å². The molecule has 2 unspecified atom stereocenters. The van der Waals surface area contributed by atoms with Crippen LogP contribution >= 0.6 is 11.3 Å². The summed E-state index contributed by atoms with van der Waals surface area (Å²) in [5, 5.41) is 4.16. The van der Waals surface area contributed by atoms with Crippen molar-refractivity contribution in [2.75, 3.05) is 11.9 Å². The molecule has 112 valence electrons. The second-order valence-electron chi connectivity index (χ2n) is 5.01. The molecule has 0 amide bonds. The average Bonchev–Trinajstić information content (AvgIpc) is 3.14. The lowest BCUT2D eigenvalue weighted by Crippen LogP contribution is -2.14. The molecule has 0 aliphatic heterocycles. The molecule has 2 atom stereocenters. The van der Waals surface area contributed by atoms with Gasteiger partial charge in [0.2, 0.25) is 0 Å². The Balaban J connectivity index is 1.73. The molecule has 6 nitrogen and oxygen atoms in total. The summed E-state index contributed by atoms with van der Waals surface area (Å²) in [7, 11) is 0. The topological polar surface area (TPSA) is 79.9 Å². The van der Waals surface area contributed by atoms with E-state index in [1.807, 2.05) is 13.8 Å². The highest BCUT2D eigenvalue weighted by molar-refractivity contribution is 7.15. The lowest BCUT2D eigenvalue weighted by atomic mass is 10.1. The second kappa shape index (κ2) is 5.85. The van der Waals surface area contributed by atoms with Crippen LogP contribution in [0, 0.1) is 0 Å². The van der Waals surface area contributed by atoms with Crippen molar-refractivity contribution in [3.05, 3.63) is 28.8 Å². The SMILES string of the molecule is CCOC(=O)C1CCc2sc(NC(C)c3ncc[nH]3)nc21. The first kappa shape index (κ1) is 14.1. The molecule has 0 saturated heterocycles. The number of carbonyl (C=O) groups excluding carboxylic acids is 1. The molecule has 0 fully saturated rings. The fourth-order valence-electron chi connectivity index (χ4n) is 2.53. The van der Waals surface area contributed by atoms with Gasteiger partial charge in [-0.15, -0.1) is 11.3 Å². The third-order valence-corrected chi connectivity index (χ3v) is 4.62. The van der Waals surface area contributed by atoms with Crippen LogP contribution in [0.4, 0.5) is 5.13 Å². The Hall–Kier alpha value is -1.89. The lowest BCUT2D eigenvalue weighted by Gasteiger charge is -2.10. The third-order valence-electron chi connectivity index (χ3n) is 3.56. The van der Waals surface area contributed by atoms with Gasteiger partial charge in [-0.1, -0.05) is 0 Å². The summed E-state index contributed by atoms with van der Waals surface area (Å²) in [4.78, 5) is 25.0. The van der Waals surface area contributed by atoms with Crippen LogP contribution in [0.15, 0.2) is 12.4 Å². The van der Waals surface area contributed by atoms with Crippen molar-refractivity contribution in [1.29, 1.82) is 0 Å². The molecule has 0 bridgehead atoms. The van der Waals surface area contributed by atoms with E-state index in [0.717, 1.165) is 29.5 Å². The summed E-state index contributed by atoms with van der Waals surface area (Å²) >= 11 is 1.62. The fraction of sp³-hybridized carbons (Fsp3) is 0.500. The number of thiazole rings is 1. The zero-order valence-electron chi connectivity index (χ0n) is 12.0. The maximum atomic E-state index is 11.9. The maximum absolute atomic E-state index is 11.9. The number of esters is 1. The quantitative estimate of drug-likeness (QED) is 0.830. The first-order chi connectivity index (χ1) is 10.2. The number of hydrogen-bond donors (Lipinski definition) is 2. The molecule has 21 heavy (non-hydrogen) atoms. The van der Waals surface area contributed by atoms with Gasteiger partial charge >= 0.3 is 5.97 Å². The zero-order valence-corrected chi connectivity index (χ0v) is 12.9. The molecule has 2 aromatic rings. The van der Waals surface area contributed by atoms with Gasteiger partial charge in [0.15, 0.2) is 5.13 Å². The number of imidazole rings is 1. The van der Waals surface area contributed by atoms with Crippen LogP contribution in [-0.4, -0.2) is 27.5 Å². The summed E-state index contributed by atoms with van der Waals surface area (Å²) in [6.45, 7) is 4.26. The van der Waals surface area contributed by atoms with Gasteiger partial charge in [0.1, 0.15) is 11.7 Å². The molecule has 2 aromatic heterocycles. The van der Waals surface area contributed by atoms with Gasteiger partial charge in [-0.2, -0.15) is 0 Å². The molecule has 0 saturated carbocycles. The summed E-state index contributed by atoms with van der Waals surface area (Å²) in [5.74, 6) is 0.505. The number of H-pyrrole nitrogens is 1. The van der Waals surface area contributed by atoms with Gasteiger partial charge in [0.05, 0.1) is 18.3 Å². The number of aromatic nitrogens is 3. The number of anilines is 1. The minimum absolute atomic E-state index is 0.0484. The molecule has 2 heterocycles. The highest BCUT2D eigenvalue weighted by atomic mass is 32.1. The Kier molecular flexibility index (Phi) is 3.92. The van der Waals surface area contributed by atoms with Crippen molar-refractivity contribution in [3.63, 3.8) is 0 Å². The van der Waals surface area contributed by atoms with Crippen LogP contribution < -0.4 is 5.32 Å². The van der Waals surface area contributed by atoms with Crippen LogP contribution in [0.1, 0.15) is 48.6 Å². The van der Waals surface area contributed by atoms with E-state index in [1.54, 1.807) is 23.7 Å². The summed E-state index contributed by atoms with van der Waals surface area (Å²) in [6.07, 6.45) is 5.23. The van der Waals surface area contributed by atoms with Crippen LogP contribution in [0.5, 0.6) is 0 Å². The maximum Gasteiger partial charge on any atom is 0.315 e. The number of rotatable bonds is 5. The standard InChI is InChI=1S/C14H18N4O2S/c1-3-20-13(19)9-4-5-10-11(9)18-14(21-10)17-8(2)12-15-6-7-16-12/h6-9H,3-5H2,1-2H3,(H,15,16)(H,17,18). The molecule has 2 N–H and O–H groups in total. The molecular weight excluding hydrogens is 288 g/mol. The minimum atomic E-state index is -0.203. The van der Waals surface area contributed by atoms with E-state index >= 15 is 0 Å². The van der Waals surface area contributed by atoms with Crippen molar-refractivity contribution < 1.29 is 9.53 Å². The molecule has 1 aliphatic rings. The lowest BCUT2D eigenvalue weighted by molar-refractivity contribution is -0.145. The number of fused-ring (bicyclic) bond motifs is 1. The normalized spacial score (nSPS) is 18.3. The van der Waals surface area contributed by atoms with Crippen LogP contribution in [0.3, 0.4) is 0 Å². The molecule has 7 heteroatoms. The number of carbonyl (C=O) groups is 1. The predicted molar refractivity (Wildman–Crippen MR) is 80.4 cm³/mol. The van der Waals surface area contributed by atoms with Gasteiger partial charge in [0, 0.05) is 17.3 Å². The first-order valence-corrected chi connectivity index (χ1v) is 7.92. The van der Waals surface area contributed by atoms with E-state index in [0.29, 0.717) is 6.61 Å². The monoisotopic (exact) mass is 306 g/mol. The van der Waals surface area contributed by atoms with Gasteiger partial charge < -0.3 is 15.0 Å². The second-order valence-corrected chi connectivity index (χ2v) is 6.09. The summed E-state index contributed by atoms with van der Waals surface area (Å²) in [5.41, 5.74) is 0.882. The van der Waals surface area contributed by atoms with Crippen molar-refractivity contribution in [2.24, 2.45) is 0 Å². The van der Waals surface area contributed by atoms with Gasteiger partial charge in [-0.05, 0) is 26.7 Å². The van der Waals surface area contributed by atoms with Crippen molar-refractivity contribution in [3.8, 4) is 0 Å². The van der Waals surface area contributed by atoms with E-state index < -0.39 is 0 Å². The summed E-state index contributed by atoms with van der Waals surface area (Å²) < 4.78 is 5.12. The number of aryl methyl sites for hydroxylation is 1. The molecular formula is C14H18N4O2S. The number of hydrogen-bond acceptors (Lipinski definition) is 6. The van der Waals surface area contributed by atoms with Crippen molar-refractivity contribution in [2.45, 2.75) is 38.6 Å². The Morgan fingerprint density at radius 1 is 1.67 bits per heavy atom. The van der Waals surface area contributed by atoms with Gasteiger partial charge in [0.25, 0.3) is 0 Å². The van der Waals surface area contributed by atoms with Gasteiger partial charge in [-0.25, -0.2) is 9.97 Å². The molecule has 1 aliphatic carbocycles. The number of ether oxygens (including phenoxy) is 1. The highest BCUT2D eigenvalue weighted by Gasteiger charge is 2.33. The number of aromatic amines is 1.